The molecule has 0 atom stereocenters. The van der Waals surface area contributed by atoms with Crippen LogP contribution < -0.4 is 5.32 Å². The Balaban J connectivity index is 2.97. The van der Waals surface area contributed by atoms with Gasteiger partial charge in [-0.15, -0.1) is 0 Å². The van der Waals surface area contributed by atoms with Crippen molar-refractivity contribution in [1.29, 1.82) is 0 Å². The zero-order valence-corrected chi connectivity index (χ0v) is 11.2. The molecule has 0 spiro atoms. The number of hydrogen-bond donors (Lipinski definition) is 1. The van der Waals surface area contributed by atoms with Crippen molar-refractivity contribution in [2.45, 2.75) is 6.92 Å². The van der Waals surface area contributed by atoms with Crippen LogP contribution >= 0.6 is 31.9 Å². The van der Waals surface area contributed by atoms with E-state index in [0.717, 1.165) is 0 Å². The summed E-state index contributed by atoms with van der Waals surface area (Å²) in [6, 6.07) is 5.07. The highest BCUT2D eigenvalue weighted by Gasteiger charge is 2.07. The minimum Gasteiger partial charge on any atom is -0.325 e. The Kier molecular flexibility index (Phi) is 4.47. The summed E-state index contributed by atoms with van der Waals surface area (Å²) >= 11 is 6.39. The van der Waals surface area contributed by atoms with Crippen molar-refractivity contribution in [3.05, 3.63) is 28.2 Å². The molecule has 1 N–H and O–H groups in total. The first-order chi connectivity index (χ1) is 7.04. The van der Waals surface area contributed by atoms with E-state index >= 15 is 0 Å². The standard InChI is InChI=1S/C10H9Br2NO2/c1-6(14)13-9-3-2-7(4-8(9)12)10(15)5-11/h2-4H,5H2,1H3,(H,13,14). The number of Topliss-reactive ketones (excluding diaryl/α,β-unsaturated/α-hetero) is 1. The zero-order valence-electron chi connectivity index (χ0n) is 8.01. The third-order valence-electron chi connectivity index (χ3n) is 1.72. The molecule has 0 saturated carbocycles. The summed E-state index contributed by atoms with van der Waals surface area (Å²) in [5, 5.41) is 2.94. The van der Waals surface area contributed by atoms with Gasteiger partial charge in [-0.05, 0) is 34.1 Å². The van der Waals surface area contributed by atoms with E-state index in [2.05, 4.69) is 37.2 Å². The third-order valence-corrected chi connectivity index (χ3v) is 2.89. The van der Waals surface area contributed by atoms with Crippen LogP contribution in [0.4, 0.5) is 5.69 Å². The van der Waals surface area contributed by atoms with Crippen molar-refractivity contribution in [2.75, 3.05) is 10.6 Å². The fraction of sp³-hybridized carbons (Fsp3) is 0.200. The van der Waals surface area contributed by atoms with Gasteiger partial charge in [0.25, 0.3) is 0 Å². The normalized spacial score (nSPS) is 9.80. The molecule has 1 rings (SSSR count). The Morgan fingerprint density at radius 3 is 2.53 bits per heavy atom. The number of ketones is 1. The van der Waals surface area contributed by atoms with E-state index in [9.17, 15) is 9.59 Å². The van der Waals surface area contributed by atoms with Crippen LogP contribution in [0.15, 0.2) is 22.7 Å². The predicted octanol–water partition coefficient (Wildman–Crippen LogP) is 2.99. The van der Waals surface area contributed by atoms with Crippen molar-refractivity contribution in [3.8, 4) is 0 Å². The van der Waals surface area contributed by atoms with Crippen LogP contribution in [-0.4, -0.2) is 17.0 Å². The number of amides is 1. The minimum absolute atomic E-state index is 0.00470. The molecule has 0 bridgehead atoms. The molecule has 0 heterocycles. The SMILES string of the molecule is CC(=O)Nc1ccc(C(=O)CBr)cc1Br. The lowest BCUT2D eigenvalue weighted by Gasteiger charge is -2.06. The smallest absolute Gasteiger partial charge is 0.221 e. The molecule has 1 amide bonds. The van der Waals surface area contributed by atoms with E-state index in [1.807, 2.05) is 0 Å². The number of anilines is 1. The average molecular weight is 335 g/mol. The summed E-state index contributed by atoms with van der Waals surface area (Å²) in [6.07, 6.45) is 0. The summed E-state index contributed by atoms with van der Waals surface area (Å²) < 4.78 is 0.699. The van der Waals surface area contributed by atoms with Gasteiger partial charge in [0.2, 0.25) is 5.91 Å². The summed E-state index contributed by atoms with van der Waals surface area (Å²) in [6.45, 7) is 1.43. The molecule has 0 aliphatic rings. The van der Waals surface area contributed by atoms with Gasteiger partial charge >= 0.3 is 0 Å². The largest absolute Gasteiger partial charge is 0.325 e. The lowest BCUT2D eigenvalue weighted by Crippen LogP contribution is -2.07. The van der Waals surface area contributed by atoms with Crippen molar-refractivity contribution >= 4 is 49.2 Å². The number of carbonyl (C=O) groups is 2. The van der Waals surface area contributed by atoms with E-state index in [1.54, 1.807) is 18.2 Å². The van der Waals surface area contributed by atoms with Crippen molar-refractivity contribution in [1.82, 2.24) is 0 Å². The maximum absolute atomic E-state index is 11.3. The molecule has 15 heavy (non-hydrogen) atoms. The Morgan fingerprint density at radius 1 is 1.40 bits per heavy atom. The summed E-state index contributed by atoms with van der Waals surface area (Å²) in [7, 11) is 0. The van der Waals surface area contributed by atoms with Crippen LogP contribution in [0.25, 0.3) is 0 Å². The van der Waals surface area contributed by atoms with Crippen molar-refractivity contribution in [3.63, 3.8) is 0 Å². The minimum atomic E-state index is -0.143. The monoisotopic (exact) mass is 333 g/mol. The second kappa shape index (κ2) is 5.42. The first-order valence-electron chi connectivity index (χ1n) is 4.21. The van der Waals surface area contributed by atoms with Crippen molar-refractivity contribution in [2.24, 2.45) is 0 Å². The summed E-state index contributed by atoms with van der Waals surface area (Å²) in [5.74, 6) is -0.139. The van der Waals surface area contributed by atoms with Crippen molar-refractivity contribution < 1.29 is 9.59 Å². The van der Waals surface area contributed by atoms with Crippen LogP contribution in [0.3, 0.4) is 0 Å². The van der Waals surface area contributed by atoms with Gasteiger partial charge in [-0.2, -0.15) is 0 Å². The van der Waals surface area contributed by atoms with E-state index in [4.69, 9.17) is 0 Å². The number of halogens is 2. The predicted molar refractivity (Wildman–Crippen MR) is 66.6 cm³/mol. The molecule has 3 nitrogen and oxygen atoms in total. The maximum atomic E-state index is 11.3. The Hall–Kier alpha value is -0.680. The second-order valence-electron chi connectivity index (χ2n) is 2.93. The fourth-order valence-corrected chi connectivity index (χ4v) is 1.86. The lowest BCUT2D eigenvalue weighted by molar-refractivity contribution is -0.114. The van der Waals surface area contributed by atoms with Gasteiger partial charge in [0.15, 0.2) is 5.78 Å². The molecule has 0 aromatic heterocycles. The molecule has 80 valence electrons. The van der Waals surface area contributed by atoms with Crippen LogP contribution in [0.1, 0.15) is 17.3 Å². The third kappa shape index (κ3) is 3.43. The molecule has 5 heteroatoms. The van der Waals surface area contributed by atoms with Gasteiger partial charge in [0.05, 0.1) is 11.0 Å². The average Bonchev–Trinajstić information content (AvgIpc) is 2.19. The van der Waals surface area contributed by atoms with E-state index < -0.39 is 0 Å². The number of nitrogens with one attached hydrogen (secondary N) is 1. The number of alkyl halides is 1. The van der Waals surface area contributed by atoms with Gasteiger partial charge in [-0.1, -0.05) is 15.9 Å². The molecule has 0 unspecified atom stereocenters. The maximum Gasteiger partial charge on any atom is 0.221 e. The Labute approximate surface area is 104 Å². The zero-order chi connectivity index (χ0) is 11.4. The molecule has 0 fully saturated rings. The molecule has 0 radical (unpaired) electrons. The molecular weight excluding hydrogens is 326 g/mol. The highest BCUT2D eigenvalue weighted by Crippen LogP contribution is 2.24. The molecular formula is C10H9Br2NO2. The van der Waals surface area contributed by atoms with Crippen LogP contribution in [0, 0.1) is 0 Å². The number of hydrogen-bond acceptors (Lipinski definition) is 2. The molecule has 1 aromatic carbocycles. The van der Waals surface area contributed by atoms with Crippen LogP contribution in [0.2, 0.25) is 0 Å². The topological polar surface area (TPSA) is 46.2 Å². The van der Waals surface area contributed by atoms with Gasteiger partial charge in [-0.25, -0.2) is 0 Å². The lowest BCUT2D eigenvalue weighted by atomic mass is 10.1. The van der Waals surface area contributed by atoms with Gasteiger partial charge < -0.3 is 5.32 Å². The molecule has 0 saturated heterocycles. The van der Waals surface area contributed by atoms with Gasteiger partial charge in [0.1, 0.15) is 0 Å². The number of rotatable bonds is 3. The Morgan fingerprint density at radius 2 is 2.07 bits per heavy atom. The van der Waals surface area contributed by atoms with E-state index in [0.29, 0.717) is 21.1 Å². The highest BCUT2D eigenvalue weighted by atomic mass is 79.9. The first kappa shape index (κ1) is 12.4. The highest BCUT2D eigenvalue weighted by molar-refractivity contribution is 9.10. The Bertz CT molecular complexity index is 404. The molecule has 1 aromatic rings. The quantitative estimate of drug-likeness (QED) is 0.682. The summed E-state index contributed by atoms with van der Waals surface area (Å²) in [4.78, 5) is 22.2. The van der Waals surface area contributed by atoms with Crippen LogP contribution in [-0.2, 0) is 4.79 Å². The van der Waals surface area contributed by atoms with Gasteiger partial charge in [-0.3, -0.25) is 9.59 Å². The number of benzene rings is 1. The first-order valence-corrected chi connectivity index (χ1v) is 6.12. The fourth-order valence-electron chi connectivity index (χ4n) is 1.06. The van der Waals surface area contributed by atoms with E-state index in [-0.39, 0.29) is 11.7 Å². The number of carbonyl (C=O) groups excluding carboxylic acids is 2. The van der Waals surface area contributed by atoms with Crippen LogP contribution in [0.5, 0.6) is 0 Å². The molecule has 0 aliphatic carbocycles. The molecule has 0 aliphatic heterocycles. The second-order valence-corrected chi connectivity index (χ2v) is 4.35. The van der Waals surface area contributed by atoms with Gasteiger partial charge in [0, 0.05) is 17.0 Å². The van der Waals surface area contributed by atoms with E-state index in [1.165, 1.54) is 6.92 Å². The summed E-state index contributed by atoms with van der Waals surface area (Å²) in [5.41, 5.74) is 1.27.